The number of carbonyl (C=O) groups is 1. The predicted octanol–water partition coefficient (Wildman–Crippen LogP) is 1.78. The number of nitrogens with zero attached hydrogens (tertiary/aromatic N) is 1. The molecule has 0 bridgehead atoms. The Hall–Kier alpha value is -1.75. The number of phenolic OH excluding ortho intramolecular Hbond substituents is 2. The zero-order chi connectivity index (χ0) is 13.7. The Labute approximate surface area is 106 Å². The van der Waals surface area contributed by atoms with Crippen molar-refractivity contribution >= 4 is 5.97 Å². The largest absolute Gasteiger partial charge is 0.508 e. The van der Waals surface area contributed by atoms with Crippen LogP contribution in [0.15, 0.2) is 18.2 Å². The molecule has 18 heavy (non-hydrogen) atoms. The molecule has 5 nitrogen and oxygen atoms in total. The topological polar surface area (TPSA) is 81.0 Å². The average molecular weight is 253 g/mol. The van der Waals surface area contributed by atoms with E-state index in [4.69, 9.17) is 5.11 Å². The summed E-state index contributed by atoms with van der Waals surface area (Å²) in [7, 11) is 0. The number of hydrogen-bond donors (Lipinski definition) is 3. The molecule has 0 aliphatic carbocycles. The summed E-state index contributed by atoms with van der Waals surface area (Å²) in [6.07, 6.45) is 0.0622. The predicted molar refractivity (Wildman–Crippen MR) is 67.6 cm³/mol. The highest BCUT2D eigenvalue weighted by Crippen LogP contribution is 2.24. The minimum Gasteiger partial charge on any atom is -0.508 e. The summed E-state index contributed by atoms with van der Waals surface area (Å²) in [5.74, 6) is -0.801. The summed E-state index contributed by atoms with van der Waals surface area (Å²) < 4.78 is 0. The van der Waals surface area contributed by atoms with Crippen LogP contribution >= 0.6 is 0 Å². The van der Waals surface area contributed by atoms with Gasteiger partial charge in [-0.3, -0.25) is 9.69 Å². The third-order valence-electron chi connectivity index (χ3n) is 2.94. The molecule has 3 N–H and O–H groups in total. The lowest BCUT2D eigenvalue weighted by Gasteiger charge is -2.27. The van der Waals surface area contributed by atoms with Crippen molar-refractivity contribution in [1.29, 1.82) is 0 Å². The number of benzene rings is 1. The van der Waals surface area contributed by atoms with E-state index in [0.717, 1.165) is 0 Å². The van der Waals surface area contributed by atoms with Crippen molar-refractivity contribution in [3.8, 4) is 11.5 Å². The summed E-state index contributed by atoms with van der Waals surface area (Å²) in [5.41, 5.74) is 0.673. The SMILES string of the molecule is CCN(Cc1ccc(O)cc1O)C(C)CC(=O)O. The number of aromatic hydroxyl groups is 2. The maximum Gasteiger partial charge on any atom is 0.304 e. The standard InChI is InChI=1S/C13H19NO4/c1-3-14(9(2)6-13(17)18)8-10-4-5-11(15)7-12(10)16/h4-5,7,9,15-16H,3,6,8H2,1-2H3,(H,17,18). The van der Waals surface area contributed by atoms with Crippen LogP contribution < -0.4 is 0 Å². The van der Waals surface area contributed by atoms with E-state index in [1.54, 1.807) is 6.07 Å². The second-order valence-electron chi connectivity index (χ2n) is 4.32. The Balaban J connectivity index is 2.76. The zero-order valence-electron chi connectivity index (χ0n) is 10.6. The molecule has 0 aromatic heterocycles. The Bertz CT molecular complexity index is 419. The molecule has 0 aliphatic rings. The van der Waals surface area contributed by atoms with Crippen LogP contribution in [0.1, 0.15) is 25.8 Å². The van der Waals surface area contributed by atoms with Crippen molar-refractivity contribution in [2.75, 3.05) is 6.54 Å². The summed E-state index contributed by atoms with van der Waals surface area (Å²) in [4.78, 5) is 12.6. The number of aliphatic carboxylic acids is 1. The highest BCUT2D eigenvalue weighted by molar-refractivity contribution is 5.67. The molecule has 100 valence electrons. The lowest BCUT2D eigenvalue weighted by molar-refractivity contribution is -0.138. The highest BCUT2D eigenvalue weighted by atomic mass is 16.4. The molecule has 1 unspecified atom stereocenters. The monoisotopic (exact) mass is 253 g/mol. The van der Waals surface area contributed by atoms with Gasteiger partial charge in [0.25, 0.3) is 0 Å². The van der Waals surface area contributed by atoms with Crippen molar-refractivity contribution in [1.82, 2.24) is 4.90 Å². The quantitative estimate of drug-likeness (QED) is 0.720. The molecule has 0 radical (unpaired) electrons. The maximum atomic E-state index is 10.7. The van der Waals surface area contributed by atoms with Crippen LogP contribution in [0.3, 0.4) is 0 Å². The van der Waals surface area contributed by atoms with E-state index in [0.29, 0.717) is 18.7 Å². The smallest absolute Gasteiger partial charge is 0.304 e. The van der Waals surface area contributed by atoms with Crippen molar-refractivity contribution in [3.63, 3.8) is 0 Å². The summed E-state index contributed by atoms with van der Waals surface area (Å²) in [5, 5.41) is 27.7. The molecule has 0 heterocycles. The van der Waals surface area contributed by atoms with Gasteiger partial charge in [0.05, 0.1) is 6.42 Å². The van der Waals surface area contributed by atoms with E-state index in [9.17, 15) is 15.0 Å². The Kier molecular flexibility index (Phi) is 4.97. The summed E-state index contributed by atoms with van der Waals surface area (Å²) in [6, 6.07) is 4.32. The number of carboxylic acid groups (broad SMARTS) is 1. The normalized spacial score (nSPS) is 12.6. The number of phenols is 2. The molecule has 0 aliphatic heterocycles. The van der Waals surface area contributed by atoms with E-state index >= 15 is 0 Å². The molecular formula is C13H19NO4. The van der Waals surface area contributed by atoms with E-state index in [-0.39, 0.29) is 24.0 Å². The first-order valence-electron chi connectivity index (χ1n) is 5.90. The van der Waals surface area contributed by atoms with Gasteiger partial charge in [-0.25, -0.2) is 0 Å². The molecule has 0 saturated heterocycles. The van der Waals surface area contributed by atoms with Gasteiger partial charge in [-0.05, 0) is 19.5 Å². The minimum absolute atomic E-state index is 0.0119. The molecule has 0 fully saturated rings. The van der Waals surface area contributed by atoms with Crippen LogP contribution in [0.25, 0.3) is 0 Å². The van der Waals surface area contributed by atoms with E-state index in [1.807, 2.05) is 18.7 Å². The van der Waals surface area contributed by atoms with Gasteiger partial charge in [0.1, 0.15) is 11.5 Å². The van der Waals surface area contributed by atoms with Crippen LogP contribution in [-0.2, 0) is 11.3 Å². The molecule has 1 atom stereocenters. The highest BCUT2D eigenvalue weighted by Gasteiger charge is 2.17. The van der Waals surface area contributed by atoms with Gasteiger partial charge in [0.15, 0.2) is 0 Å². The minimum atomic E-state index is -0.837. The number of rotatable bonds is 6. The van der Waals surface area contributed by atoms with Gasteiger partial charge < -0.3 is 15.3 Å². The molecule has 0 amide bonds. The first-order valence-corrected chi connectivity index (χ1v) is 5.90. The number of carboxylic acids is 1. The average Bonchev–Trinajstić information content (AvgIpc) is 2.27. The maximum absolute atomic E-state index is 10.7. The first kappa shape index (κ1) is 14.3. The van der Waals surface area contributed by atoms with E-state index in [2.05, 4.69) is 0 Å². The van der Waals surface area contributed by atoms with Gasteiger partial charge in [-0.15, -0.1) is 0 Å². The second kappa shape index (κ2) is 6.26. The van der Waals surface area contributed by atoms with Gasteiger partial charge in [-0.2, -0.15) is 0 Å². The lowest BCUT2D eigenvalue weighted by atomic mass is 10.1. The molecule has 1 aromatic rings. The Morgan fingerprint density at radius 1 is 1.39 bits per heavy atom. The molecule has 0 saturated carbocycles. The van der Waals surface area contributed by atoms with Crippen LogP contribution in [0.5, 0.6) is 11.5 Å². The van der Waals surface area contributed by atoms with E-state index < -0.39 is 5.97 Å². The van der Waals surface area contributed by atoms with Crippen molar-refractivity contribution in [2.45, 2.75) is 32.9 Å². The Morgan fingerprint density at radius 3 is 2.56 bits per heavy atom. The molecule has 1 rings (SSSR count). The molecule has 0 spiro atoms. The summed E-state index contributed by atoms with van der Waals surface area (Å²) in [6.45, 7) is 4.93. The first-order chi connectivity index (χ1) is 8.43. The van der Waals surface area contributed by atoms with Gasteiger partial charge >= 0.3 is 5.97 Å². The Morgan fingerprint density at radius 2 is 2.06 bits per heavy atom. The van der Waals surface area contributed by atoms with Crippen LogP contribution in [-0.4, -0.2) is 38.8 Å². The van der Waals surface area contributed by atoms with Crippen molar-refractivity contribution < 1.29 is 20.1 Å². The molecule has 5 heteroatoms. The number of hydrogen-bond acceptors (Lipinski definition) is 4. The molecular weight excluding hydrogens is 234 g/mol. The van der Waals surface area contributed by atoms with Crippen LogP contribution in [0.2, 0.25) is 0 Å². The second-order valence-corrected chi connectivity index (χ2v) is 4.32. The lowest BCUT2D eigenvalue weighted by Crippen LogP contribution is -2.34. The fraction of sp³-hybridized carbons (Fsp3) is 0.462. The van der Waals surface area contributed by atoms with Crippen LogP contribution in [0, 0.1) is 0 Å². The fourth-order valence-corrected chi connectivity index (χ4v) is 1.87. The van der Waals surface area contributed by atoms with Crippen molar-refractivity contribution in [3.05, 3.63) is 23.8 Å². The molecule has 1 aromatic carbocycles. The van der Waals surface area contributed by atoms with Gasteiger partial charge in [-0.1, -0.05) is 13.0 Å². The van der Waals surface area contributed by atoms with E-state index in [1.165, 1.54) is 12.1 Å². The zero-order valence-corrected chi connectivity index (χ0v) is 10.6. The third kappa shape index (κ3) is 3.92. The van der Waals surface area contributed by atoms with Crippen LogP contribution in [0.4, 0.5) is 0 Å². The van der Waals surface area contributed by atoms with Gasteiger partial charge in [0.2, 0.25) is 0 Å². The summed E-state index contributed by atoms with van der Waals surface area (Å²) >= 11 is 0. The van der Waals surface area contributed by atoms with Gasteiger partial charge in [0, 0.05) is 24.2 Å². The van der Waals surface area contributed by atoms with Crippen molar-refractivity contribution in [2.24, 2.45) is 0 Å². The third-order valence-corrected chi connectivity index (χ3v) is 2.94. The fourth-order valence-electron chi connectivity index (χ4n) is 1.87.